The molecule has 1 N–H and O–H groups in total. The fourth-order valence-corrected chi connectivity index (χ4v) is 3.03. The van der Waals surface area contributed by atoms with E-state index in [0.717, 1.165) is 17.7 Å². The summed E-state index contributed by atoms with van der Waals surface area (Å²) in [5.41, 5.74) is 2.21. The SMILES string of the molecule is CCc1ccccc1NC(=O)c1cc(N2CCN(C(C)=O)CC2)ncn1. The molecule has 7 nitrogen and oxygen atoms in total. The first-order chi connectivity index (χ1) is 12.6. The Hall–Kier alpha value is -2.96. The molecular weight excluding hydrogens is 330 g/mol. The number of carbonyl (C=O) groups excluding carboxylic acids is 2. The van der Waals surface area contributed by atoms with Crippen LogP contribution < -0.4 is 10.2 Å². The van der Waals surface area contributed by atoms with E-state index in [1.54, 1.807) is 13.0 Å². The molecule has 2 aromatic rings. The molecule has 0 aliphatic carbocycles. The minimum absolute atomic E-state index is 0.0852. The highest BCUT2D eigenvalue weighted by Gasteiger charge is 2.20. The number of hydrogen-bond donors (Lipinski definition) is 1. The molecule has 3 rings (SSSR count). The molecule has 0 saturated carbocycles. The van der Waals surface area contributed by atoms with Crippen LogP contribution in [-0.2, 0) is 11.2 Å². The van der Waals surface area contributed by atoms with Crippen LogP contribution in [0.25, 0.3) is 0 Å². The molecule has 0 atom stereocenters. The Kier molecular flexibility index (Phi) is 5.46. The number of aryl methyl sites for hydroxylation is 1. The fourth-order valence-electron chi connectivity index (χ4n) is 3.03. The second-order valence-corrected chi connectivity index (χ2v) is 6.22. The maximum absolute atomic E-state index is 12.6. The second kappa shape index (κ2) is 7.95. The van der Waals surface area contributed by atoms with Crippen molar-refractivity contribution in [3.63, 3.8) is 0 Å². The quantitative estimate of drug-likeness (QED) is 0.909. The average molecular weight is 353 g/mol. The lowest BCUT2D eigenvalue weighted by Crippen LogP contribution is -2.48. The molecule has 7 heteroatoms. The first-order valence-corrected chi connectivity index (χ1v) is 8.80. The van der Waals surface area contributed by atoms with Gasteiger partial charge in [0.2, 0.25) is 5.91 Å². The molecule has 0 radical (unpaired) electrons. The number of nitrogens with zero attached hydrogens (tertiary/aromatic N) is 4. The van der Waals surface area contributed by atoms with E-state index in [4.69, 9.17) is 0 Å². The minimum atomic E-state index is -0.253. The molecule has 0 unspecified atom stereocenters. The van der Waals surface area contributed by atoms with Gasteiger partial charge < -0.3 is 15.1 Å². The molecule has 1 fully saturated rings. The van der Waals surface area contributed by atoms with Gasteiger partial charge in [-0.05, 0) is 18.1 Å². The molecule has 1 aromatic carbocycles. The van der Waals surface area contributed by atoms with Crippen LogP contribution in [0.3, 0.4) is 0 Å². The van der Waals surface area contributed by atoms with Gasteiger partial charge in [-0.3, -0.25) is 9.59 Å². The van der Waals surface area contributed by atoms with Crippen molar-refractivity contribution in [2.75, 3.05) is 36.4 Å². The average Bonchev–Trinajstić information content (AvgIpc) is 2.68. The lowest BCUT2D eigenvalue weighted by atomic mass is 10.1. The molecule has 2 heterocycles. The molecule has 0 spiro atoms. The van der Waals surface area contributed by atoms with Gasteiger partial charge in [0.05, 0.1) is 0 Å². The van der Waals surface area contributed by atoms with Crippen LogP contribution in [0.2, 0.25) is 0 Å². The van der Waals surface area contributed by atoms with E-state index in [1.807, 2.05) is 29.2 Å². The van der Waals surface area contributed by atoms with Crippen molar-refractivity contribution in [3.05, 3.63) is 47.9 Å². The molecule has 1 aromatic heterocycles. The standard InChI is InChI=1S/C19H23N5O2/c1-3-15-6-4-5-7-16(15)22-19(26)17-12-18(21-13-20-17)24-10-8-23(9-11-24)14(2)25/h4-7,12-13H,3,8-11H2,1-2H3,(H,22,26). The Labute approximate surface area is 153 Å². The molecular formula is C19H23N5O2. The van der Waals surface area contributed by atoms with Gasteiger partial charge >= 0.3 is 0 Å². The molecule has 0 bridgehead atoms. The number of piperazine rings is 1. The van der Waals surface area contributed by atoms with Crippen molar-refractivity contribution in [2.24, 2.45) is 0 Å². The Bertz CT molecular complexity index is 800. The Morgan fingerprint density at radius 3 is 2.54 bits per heavy atom. The molecule has 2 amide bonds. The van der Waals surface area contributed by atoms with Crippen LogP contribution in [0.4, 0.5) is 11.5 Å². The van der Waals surface area contributed by atoms with Gasteiger partial charge in [-0.25, -0.2) is 9.97 Å². The predicted octanol–water partition coefficient (Wildman–Crippen LogP) is 1.96. The zero-order valence-corrected chi connectivity index (χ0v) is 15.1. The van der Waals surface area contributed by atoms with Crippen LogP contribution >= 0.6 is 0 Å². The monoisotopic (exact) mass is 353 g/mol. The highest BCUT2D eigenvalue weighted by atomic mass is 16.2. The summed E-state index contributed by atoms with van der Waals surface area (Å²) in [6.07, 6.45) is 2.25. The van der Waals surface area contributed by atoms with Crippen molar-refractivity contribution in [1.82, 2.24) is 14.9 Å². The van der Waals surface area contributed by atoms with Crippen LogP contribution in [-0.4, -0.2) is 52.9 Å². The maximum atomic E-state index is 12.6. The van der Waals surface area contributed by atoms with Gasteiger partial charge in [0.1, 0.15) is 17.8 Å². The molecule has 26 heavy (non-hydrogen) atoms. The summed E-state index contributed by atoms with van der Waals surface area (Å²) in [6.45, 7) is 6.33. The lowest BCUT2D eigenvalue weighted by Gasteiger charge is -2.34. The van der Waals surface area contributed by atoms with Crippen molar-refractivity contribution >= 4 is 23.3 Å². The molecule has 1 saturated heterocycles. The second-order valence-electron chi connectivity index (χ2n) is 6.22. The summed E-state index contributed by atoms with van der Waals surface area (Å²) in [6, 6.07) is 9.44. The normalized spacial score (nSPS) is 14.2. The maximum Gasteiger partial charge on any atom is 0.274 e. The third kappa shape index (κ3) is 3.99. The first kappa shape index (κ1) is 17.8. The van der Waals surface area contributed by atoms with Gasteiger partial charge in [0.25, 0.3) is 5.91 Å². The number of benzene rings is 1. The van der Waals surface area contributed by atoms with Crippen molar-refractivity contribution in [1.29, 1.82) is 0 Å². The number of para-hydroxylation sites is 1. The molecule has 1 aliphatic heterocycles. The Balaban J connectivity index is 1.71. The third-order valence-corrected chi connectivity index (χ3v) is 4.58. The number of anilines is 2. The predicted molar refractivity (Wildman–Crippen MR) is 100 cm³/mol. The zero-order valence-electron chi connectivity index (χ0n) is 15.1. The van der Waals surface area contributed by atoms with Crippen molar-refractivity contribution < 1.29 is 9.59 Å². The number of amides is 2. The van der Waals surface area contributed by atoms with E-state index in [2.05, 4.69) is 27.1 Å². The first-order valence-electron chi connectivity index (χ1n) is 8.80. The summed E-state index contributed by atoms with van der Waals surface area (Å²) in [4.78, 5) is 36.3. The van der Waals surface area contributed by atoms with Crippen LogP contribution in [0.5, 0.6) is 0 Å². The highest BCUT2D eigenvalue weighted by molar-refractivity contribution is 6.03. The number of carbonyl (C=O) groups is 2. The van der Waals surface area contributed by atoms with Gasteiger partial charge in [0, 0.05) is 44.9 Å². The van der Waals surface area contributed by atoms with E-state index in [-0.39, 0.29) is 11.8 Å². The number of aromatic nitrogens is 2. The van der Waals surface area contributed by atoms with Crippen LogP contribution in [0.15, 0.2) is 36.7 Å². The van der Waals surface area contributed by atoms with E-state index >= 15 is 0 Å². The van der Waals surface area contributed by atoms with Gasteiger partial charge in [-0.15, -0.1) is 0 Å². The van der Waals surface area contributed by atoms with Crippen LogP contribution in [0.1, 0.15) is 29.9 Å². The molecule has 136 valence electrons. The minimum Gasteiger partial charge on any atom is -0.353 e. The van der Waals surface area contributed by atoms with Crippen LogP contribution in [0, 0.1) is 0 Å². The highest BCUT2D eigenvalue weighted by Crippen LogP contribution is 2.18. The summed E-state index contributed by atoms with van der Waals surface area (Å²) < 4.78 is 0. The summed E-state index contributed by atoms with van der Waals surface area (Å²) in [7, 11) is 0. The Morgan fingerprint density at radius 1 is 1.12 bits per heavy atom. The summed E-state index contributed by atoms with van der Waals surface area (Å²) in [5, 5.41) is 2.93. The number of rotatable bonds is 4. The largest absolute Gasteiger partial charge is 0.353 e. The smallest absolute Gasteiger partial charge is 0.274 e. The summed E-state index contributed by atoms with van der Waals surface area (Å²) in [5.74, 6) is 0.538. The van der Waals surface area contributed by atoms with Gasteiger partial charge in [-0.2, -0.15) is 0 Å². The van der Waals surface area contributed by atoms with Crippen molar-refractivity contribution in [3.8, 4) is 0 Å². The van der Waals surface area contributed by atoms with Gasteiger partial charge in [-0.1, -0.05) is 25.1 Å². The lowest BCUT2D eigenvalue weighted by molar-refractivity contribution is -0.129. The summed E-state index contributed by atoms with van der Waals surface area (Å²) >= 11 is 0. The Morgan fingerprint density at radius 2 is 1.85 bits per heavy atom. The topological polar surface area (TPSA) is 78.4 Å². The van der Waals surface area contributed by atoms with E-state index in [0.29, 0.717) is 37.7 Å². The van der Waals surface area contributed by atoms with Crippen molar-refractivity contribution in [2.45, 2.75) is 20.3 Å². The third-order valence-electron chi connectivity index (χ3n) is 4.58. The van der Waals surface area contributed by atoms with Gasteiger partial charge in [0.15, 0.2) is 0 Å². The van der Waals surface area contributed by atoms with E-state index in [1.165, 1.54) is 6.33 Å². The van der Waals surface area contributed by atoms with E-state index in [9.17, 15) is 9.59 Å². The van der Waals surface area contributed by atoms with E-state index < -0.39 is 0 Å². The number of hydrogen-bond acceptors (Lipinski definition) is 5. The fraction of sp³-hybridized carbons (Fsp3) is 0.368. The molecule has 1 aliphatic rings. The zero-order chi connectivity index (χ0) is 18.5. The number of nitrogens with one attached hydrogen (secondary N) is 1.